The molecule has 0 aliphatic carbocycles. The molecule has 0 aromatic heterocycles. The topological polar surface area (TPSA) is 165 Å². The number of phenolic OH excluding ortho intramolecular Hbond substituents is 1. The van der Waals surface area contributed by atoms with Crippen molar-refractivity contribution in [2.24, 2.45) is 0 Å². The number of benzene rings is 4. The Morgan fingerprint density at radius 2 is 1.33 bits per heavy atom. The van der Waals surface area contributed by atoms with Gasteiger partial charge in [-0.15, -0.1) is 0 Å². The number of hydrogen-bond acceptors (Lipinski definition) is 7. The van der Waals surface area contributed by atoms with Gasteiger partial charge in [-0.2, -0.15) is 0 Å². The van der Waals surface area contributed by atoms with Gasteiger partial charge in [-0.05, 0) is 57.0 Å². The summed E-state index contributed by atoms with van der Waals surface area (Å²) in [6.07, 6.45) is 0. The standard InChI is InChI=1S/C24H15BrN4O7/c25-21-19-8-7-13(23(31)26-15-3-1-5-17(11-15)28(33)34)9-14(19)10-20(22(21)30)24(32)27-16-4-2-6-18(12-16)29(35)36/h1-12,30H,(H,26,31)(H,27,32). The highest BCUT2D eigenvalue weighted by molar-refractivity contribution is 9.10. The van der Waals surface area contributed by atoms with Crippen LogP contribution in [0.15, 0.2) is 77.3 Å². The molecule has 12 heteroatoms. The van der Waals surface area contributed by atoms with E-state index in [9.17, 15) is 34.9 Å². The number of nitro groups is 2. The van der Waals surface area contributed by atoms with Crippen LogP contribution in [-0.2, 0) is 0 Å². The van der Waals surface area contributed by atoms with Crippen LogP contribution in [0.1, 0.15) is 20.7 Å². The fraction of sp³-hybridized carbons (Fsp3) is 0. The molecule has 0 saturated heterocycles. The molecule has 11 nitrogen and oxygen atoms in total. The van der Waals surface area contributed by atoms with Gasteiger partial charge in [0.05, 0.1) is 19.9 Å². The van der Waals surface area contributed by atoms with Gasteiger partial charge in [0.1, 0.15) is 5.75 Å². The molecule has 0 aliphatic rings. The van der Waals surface area contributed by atoms with E-state index >= 15 is 0 Å². The Morgan fingerprint density at radius 3 is 1.89 bits per heavy atom. The molecule has 3 N–H and O–H groups in total. The van der Waals surface area contributed by atoms with E-state index in [1.165, 1.54) is 66.7 Å². The molecule has 0 atom stereocenters. The van der Waals surface area contributed by atoms with Gasteiger partial charge in [-0.25, -0.2) is 0 Å². The Labute approximate surface area is 210 Å². The first kappa shape index (κ1) is 24.3. The molecule has 0 heterocycles. The number of amides is 2. The molecule has 0 bridgehead atoms. The minimum atomic E-state index is -0.720. The van der Waals surface area contributed by atoms with E-state index in [2.05, 4.69) is 26.6 Å². The second-order valence-electron chi connectivity index (χ2n) is 7.55. The summed E-state index contributed by atoms with van der Waals surface area (Å²) in [7, 11) is 0. The highest BCUT2D eigenvalue weighted by Gasteiger charge is 2.19. The zero-order chi connectivity index (χ0) is 26.0. The lowest BCUT2D eigenvalue weighted by atomic mass is 10.0. The van der Waals surface area contributed by atoms with Gasteiger partial charge in [0.15, 0.2) is 0 Å². The Hall–Kier alpha value is -4.84. The molecule has 0 radical (unpaired) electrons. The number of nitrogens with one attached hydrogen (secondary N) is 2. The van der Waals surface area contributed by atoms with Gasteiger partial charge in [-0.1, -0.05) is 18.2 Å². The number of halogens is 1. The van der Waals surface area contributed by atoms with Crippen LogP contribution >= 0.6 is 15.9 Å². The van der Waals surface area contributed by atoms with Crippen LogP contribution in [0.5, 0.6) is 5.75 Å². The molecule has 0 saturated carbocycles. The van der Waals surface area contributed by atoms with Gasteiger partial charge < -0.3 is 15.7 Å². The molecular weight excluding hydrogens is 536 g/mol. The lowest BCUT2D eigenvalue weighted by Crippen LogP contribution is -2.13. The van der Waals surface area contributed by atoms with E-state index in [4.69, 9.17) is 0 Å². The number of nitrogens with zero attached hydrogens (tertiary/aromatic N) is 2. The number of carbonyl (C=O) groups excluding carboxylic acids is 2. The third-order valence-electron chi connectivity index (χ3n) is 5.19. The lowest BCUT2D eigenvalue weighted by Gasteiger charge is -2.12. The van der Waals surface area contributed by atoms with Crippen molar-refractivity contribution in [1.29, 1.82) is 0 Å². The maximum Gasteiger partial charge on any atom is 0.271 e. The number of rotatable bonds is 6. The van der Waals surface area contributed by atoms with Crippen molar-refractivity contribution < 1.29 is 24.5 Å². The van der Waals surface area contributed by atoms with Crippen molar-refractivity contribution in [3.63, 3.8) is 0 Å². The minimum absolute atomic E-state index is 0.128. The van der Waals surface area contributed by atoms with E-state index in [-0.39, 0.29) is 44.1 Å². The highest BCUT2D eigenvalue weighted by Crippen LogP contribution is 2.37. The predicted octanol–water partition coefficient (Wildman–Crippen LogP) is 5.63. The summed E-state index contributed by atoms with van der Waals surface area (Å²) in [5.74, 6) is -1.61. The molecular formula is C24H15BrN4O7. The number of carbonyl (C=O) groups is 2. The van der Waals surface area contributed by atoms with Crippen molar-refractivity contribution in [1.82, 2.24) is 0 Å². The molecule has 2 amide bonds. The molecule has 180 valence electrons. The monoisotopic (exact) mass is 550 g/mol. The van der Waals surface area contributed by atoms with E-state index in [1.807, 2.05) is 0 Å². The van der Waals surface area contributed by atoms with Crippen molar-refractivity contribution in [3.05, 3.63) is 109 Å². The fourth-order valence-corrected chi connectivity index (χ4v) is 4.04. The predicted molar refractivity (Wildman–Crippen MR) is 135 cm³/mol. The van der Waals surface area contributed by atoms with Gasteiger partial charge in [0.2, 0.25) is 0 Å². The first-order valence-corrected chi connectivity index (χ1v) is 11.0. The Balaban J connectivity index is 1.64. The Kier molecular flexibility index (Phi) is 6.61. The first-order chi connectivity index (χ1) is 17.1. The zero-order valence-electron chi connectivity index (χ0n) is 18.1. The quantitative estimate of drug-likeness (QED) is 0.206. The van der Waals surface area contributed by atoms with Crippen LogP contribution in [0.2, 0.25) is 0 Å². The van der Waals surface area contributed by atoms with Crippen molar-refractivity contribution in [2.45, 2.75) is 0 Å². The fourth-order valence-electron chi connectivity index (χ4n) is 3.46. The summed E-state index contributed by atoms with van der Waals surface area (Å²) in [6.45, 7) is 0. The van der Waals surface area contributed by atoms with Gasteiger partial charge in [-0.3, -0.25) is 29.8 Å². The minimum Gasteiger partial charge on any atom is -0.506 e. The van der Waals surface area contributed by atoms with Crippen LogP contribution in [0.4, 0.5) is 22.7 Å². The summed E-state index contributed by atoms with van der Waals surface area (Å²) >= 11 is 3.27. The Morgan fingerprint density at radius 1 is 0.778 bits per heavy atom. The second-order valence-corrected chi connectivity index (χ2v) is 8.34. The van der Waals surface area contributed by atoms with Gasteiger partial charge in [0.25, 0.3) is 23.2 Å². The number of aromatic hydroxyl groups is 1. The molecule has 0 spiro atoms. The normalized spacial score (nSPS) is 10.6. The molecule has 0 fully saturated rings. The molecule has 36 heavy (non-hydrogen) atoms. The maximum atomic E-state index is 12.9. The van der Waals surface area contributed by atoms with Crippen LogP contribution in [-0.4, -0.2) is 26.8 Å². The maximum absolute atomic E-state index is 12.9. The second kappa shape index (κ2) is 9.80. The SMILES string of the molecule is O=C(Nc1cccc([N+](=O)[O-])c1)c1ccc2c(Br)c(O)c(C(=O)Nc3cccc([N+](=O)[O-])c3)cc2c1. The molecule has 0 aliphatic heterocycles. The smallest absolute Gasteiger partial charge is 0.271 e. The van der Waals surface area contributed by atoms with Crippen LogP contribution in [0.3, 0.4) is 0 Å². The Bertz CT molecular complexity index is 1570. The number of non-ortho nitro benzene ring substituents is 2. The number of nitro benzene ring substituents is 2. The van der Waals surface area contributed by atoms with Gasteiger partial charge in [0, 0.05) is 41.2 Å². The van der Waals surface area contributed by atoms with Crippen LogP contribution in [0, 0.1) is 20.2 Å². The summed E-state index contributed by atoms with van der Waals surface area (Å²) in [6, 6.07) is 16.8. The summed E-state index contributed by atoms with van der Waals surface area (Å²) in [5.41, 5.74) is 0.0862. The molecule has 4 aromatic rings. The highest BCUT2D eigenvalue weighted by atomic mass is 79.9. The van der Waals surface area contributed by atoms with Crippen molar-refractivity contribution >= 4 is 61.3 Å². The number of fused-ring (bicyclic) bond motifs is 1. The van der Waals surface area contributed by atoms with Crippen LogP contribution in [0.25, 0.3) is 10.8 Å². The molecule has 4 aromatic carbocycles. The van der Waals surface area contributed by atoms with Crippen LogP contribution < -0.4 is 10.6 Å². The van der Waals surface area contributed by atoms with E-state index < -0.39 is 21.7 Å². The van der Waals surface area contributed by atoms with Crippen molar-refractivity contribution in [3.8, 4) is 5.75 Å². The van der Waals surface area contributed by atoms with E-state index in [1.54, 1.807) is 6.07 Å². The average molecular weight is 551 g/mol. The summed E-state index contributed by atoms with van der Waals surface area (Å²) in [4.78, 5) is 46.4. The first-order valence-electron chi connectivity index (χ1n) is 10.2. The lowest BCUT2D eigenvalue weighted by molar-refractivity contribution is -0.385. The third-order valence-corrected chi connectivity index (χ3v) is 5.99. The summed E-state index contributed by atoms with van der Waals surface area (Å²) in [5, 5.41) is 38.6. The molecule has 4 rings (SSSR count). The zero-order valence-corrected chi connectivity index (χ0v) is 19.7. The number of anilines is 2. The van der Waals surface area contributed by atoms with E-state index in [0.717, 1.165) is 0 Å². The van der Waals surface area contributed by atoms with E-state index in [0.29, 0.717) is 10.8 Å². The summed E-state index contributed by atoms with van der Waals surface area (Å²) < 4.78 is 0.217. The number of phenols is 1. The average Bonchev–Trinajstić information content (AvgIpc) is 2.86. The largest absolute Gasteiger partial charge is 0.506 e. The van der Waals surface area contributed by atoms with Crippen molar-refractivity contribution in [2.75, 3.05) is 10.6 Å². The third kappa shape index (κ3) is 4.98. The number of hydrogen-bond donors (Lipinski definition) is 3. The van der Waals surface area contributed by atoms with Gasteiger partial charge >= 0.3 is 0 Å². The molecule has 0 unspecified atom stereocenters.